The fourth-order valence-electron chi connectivity index (χ4n) is 4.29. The molecule has 0 unspecified atom stereocenters. The summed E-state index contributed by atoms with van der Waals surface area (Å²) in [5, 5.41) is 8.12. The van der Waals surface area contributed by atoms with E-state index in [4.69, 9.17) is 4.98 Å². The molecule has 26 heavy (non-hydrogen) atoms. The lowest BCUT2D eigenvalue weighted by molar-refractivity contribution is -0.129. The second kappa shape index (κ2) is 6.89. The smallest absolute Gasteiger partial charge is 0.223 e. The molecular weight excluding hydrogens is 326 g/mol. The Labute approximate surface area is 155 Å². The van der Waals surface area contributed by atoms with E-state index in [1.807, 2.05) is 17.5 Å². The monoisotopic (exact) mass is 355 g/mol. The van der Waals surface area contributed by atoms with Gasteiger partial charge in [0, 0.05) is 49.3 Å². The maximum Gasteiger partial charge on any atom is 0.223 e. The Balaban J connectivity index is 1.48. The molecule has 0 spiro atoms. The molecule has 0 bridgehead atoms. The third-order valence-corrected chi connectivity index (χ3v) is 5.74. The molecule has 1 atom stereocenters. The average Bonchev–Trinajstić information content (AvgIpc) is 3.30. The van der Waals surface area contributed by atoms with E-state index in [9.17, 15) is 4.79 Å². The molecule has 6 nitrogen and oxygen atoms in total. The van der Waals surface area contributed by atoms with E-state index in [0.29, 0.717) is 30.2 Å². The van der Waals surface area contributed by atoms with Crippen molar-refractivity contribution < 1.29 is 4.79 Å². The lowest BCUT2D eigenvalue weighted by atomic mass is 10.1. The summed E-state index contributed by atoms with van der Waals surface area (Å²) in [7, 11) is 0. The third-order valence-electron chi connectivity index (χ3n) is 5.74. The zero-order chi connectivity index (χ0) is 18.3. The SMILES string of the molecule is Cc1cc2nc(C(C)C)cc(NC[C@H]3CC(=O)N(C4CCCC4)C3)n2n1. The molecule has 1 saturated heterocycles. The van der Waals surface area contributed by atoms with E-state index < -0.39 is 0 Å². The van der Waals surface area contributed by atoms with Gasteiger partial charge in [0.1, 0.15) is 5.82 Å². The largest absolute Gasteiger partial charge is 0.370 e. The van der Waals surface area contributed by atoms with Crippen LogP contribution in [0.15, 0.2) is 12.1 Å². The maximum absolute atomic E-state index is 12.4. The van der Waals surface area contributed by atoms with Crippen LogP contribution >= 0.6 is 0 Å². The van der Waals surface area contributed by atoms with E-state index in [2.05, 4.69) is 35.2 Å². The van der Waals surface area contributed by atoms with Crippen LogP contribution in [0.1, 0.15) is 63.3 Å². The van der Waals surface area contributed by atoms with Crippen molar-refractivity contribution >= 4 is 17.4 Å². The molecule has 2 aromatic heterocycles. The van der Waals surface area contributed by atoms with Gasteiger partial charge in [-0.3, -0.25) is 4.79 Å². The lowest BCUT2D eigenvalue weighted by Gasteiger charge is -2.24. The maximum atomic E-state index is 12.4. The van der Waals surface area contributed by atoms with Gasteiger partial charge < -0.3 is 10.2 Å². The van der Waals surface area contributed by atoms with Crippen LogP contribution in [-0.4, -0.2) is 44.5 Å². The zero-order valence-electron chi connectivity index (χ0n) is 16.0. The van der Waals surface area contributed by atoms with Gasteiger partial charge in [0.2, 0.25) is 5.91 Å². The van der Waals surface area contributed by atoms with Crippen molar-refractivity contribution in [1.82, 2.24) is 19.5 Å². The summed E-state index contributed by atoms with van der Waals surface area (Å²) >= 11 is 0. The molecule has 1 aliphatic carbocycles. The van der Waals surface area contributed by atoms with Crippen molar-refractivity contribution in [3.63, 3.8) is 0 Å². The van der Waals surface area contributed by atoms with Crippen LogP contribution in [-0.2, 0) is 4.79 Å². The van der Waals surface area contributed by atoms with Gasteiger partial charge in [-0.05, 0) is 25.7 Å². The Bertz CT molecular complexity index is 806. The van der Waals surface area contributed by atoms with E-state index >= 15 is 0 Å². The van der Waals surface area contributed by atoms with Crippen LogP contribution in [0.5, 0.6) is 0 Å². The quantitative estimate of drug-likeness (QED) is 0.893. The number of aromatic nitrogens is 3. The number of anilines is 1. The number of nitrogens with zero attached hydrogens (tertiary/aromatic N) is 4. The highest BCUT2D eigenvalue weighted by Crippen LogP contribution is 2.29. The number of nitrogens with one attached hydrogen (secondary N) is 1. The number of aryl methyl sites for hydroxylation is 1. The summed E-state index contributed by atoms with van der Waals surface area (Å²) in [5.74, 6) is 2.03. The van der Waals surface area contributed by atoms with E-state index in [1.165, 1.54) is 25.7 Å². The lowest BCUT2D eigenvalue weighted by Crippen LogP contribution is -2.34. The van der Waals surface area contributed by atoms with Gasteiger partial charge in [0.25, 0.3) is 0 Å². The van der Waals surface area contributed by atoms with Crippen LogP contribution in [0.4, 0.5) is 5.82 Å². The Morgan fingerprint density at radius 1 is 1.27 bits per heavy atom. The van der Waals surface area contributed by atoms with Gasteiger partial charge in [0.05, 0.1) is 5.69 Å². The topological polar surface area (TPSA) is 62.5 Å². The van der Waals surface area contributed by atoms with Gasteiger partial charge in [-0.2, -0.15) is 9.61 Å². The molecule has 0 radical (unpaired) electrons. The number of carbonyl (C=O) groups is 1. The first kappa shape index (κ1) is 17.3. The van der Waals surface area contributed by atoms with Crippen molar-refractivity contribution in [3.8, 4) is 0 Å². The molecular formula is C20H29N5O. The van der Waals surface area contributed by atoms with Crippen molar-refractivity contribution in [2.24, 2.45) is 5.92 Å². The summed E-state index contributed by atoms with van der Waals surface area (Å²) in [6, 6.07) is 4.59. The van der Waals surface area contributed by atoms with E-state index in [-0.39, 0.29) is 0 Å². The highest BCUT2D eigenvalue weighted by molar-refractivity contribution is 5.79. The Kier molecular flexibility index (Phi) is 4.59. The minimum absolute atomic E-state index is 0.335. The van der Waals surface area contributed by atoms with Gasteiger partial charge in [-0.25, -0.2) is 4.98 Å². The molecule has 1 aliphatic heterocycles. The highest BCUT2D eigenvalue weighted by Gasteiger charge is 2.35. The molecule has 0 aromatic carbocycles. The van der Waals surface area contributed by atoms with Crippen molar-refractivity contribution in [1.29, 1.82) is 0 Å². The summed E-state index contributed by atoms with van der Waals surface area (Å²) in [5.41, 5.74) is 2.91. The number of fused-ring (bicyclic) bond motifs is 1. The molecule has 140 valence electrons. The summed E-state index contributed by atoms with van der Waals surface area (Å²) in [6.07, 6.45) is 5.56. The van der Waals surface area contributed by atoms with Crippen LogP contribution in [0.3, 0.4) is 0 Å². The number of hydrogen-bond acceptors (Lipinski definition) is 4. The van der Waals surface area contributed by atoms with Crippen molar-refractivity contribution in [3.05, 3.63) is 23.5 Å². The fraction of sp³-hybridized carbons (Fsp3) is 0.650. The molecule has 3 heterocycles. The summed E-state index contributed by atoms with van der Waals surface area (Å²) < 4.78 is 1.88. The number of amides is 1. The molecule has 2 aliphatic rings. The Morgan fingerprint density at radius 2 is 2.04 bits per heavy atom. The normalized spacial score (nSPS) is 21.5. The predicted molar refractivity (Wildman–Crippen MR) is 102 cm³/mol. The molecule has 6 heteroatoms. The van der Waals surface area contributed by atoms with E-state index in [0.717, 1.165) is 35.9 Å². The number of rotatable bonds is 5. The number of likely N-dealkylation sites (tertiary alicyclic amines) is 1. The van der Waals surface area contributed by atoms with Crippen molar-refractivity contribution in [2.75, 3.05) is 18.4 Å². The van der Waals surface area contributed by atoms with Crippen LogP contribution in [0.2, 0.25) is 0 Å². The van der Waals surface area contributed by atoms with Gasteiger partial charge >= 0.3 is 0 Å². The Morgan fingerprint density at radius 3 is 2.77 bits per heavy atom. The molecule has 2 aromatic rings. The first-order valence-electron chi connectivity index (χ1n) is 9.92. The minimum atomic E-state index is 0.335. The van der Waals surface area contributed by atoms with Crippen LogP contribution in [0, 0.1) is 12.8 Å². The predicted octanol–water partition coefficient (Wildman–Crippen LogP) is 3.36. The number of carbonyl (C=O) groups excluding carboxylic acids is 1. The van der Waals surface area contributed by atoms with Crippen LogP contribution in [0.25, 0.3) is 5.65 Å². The van der Waals surface area contributed by atoms with Gasteiger partial charge in [-0.15, -0.1) is 0 Å². The highest BCUT2D eigenvalue weighted by atomic mass is 16.2. The summed E-state index contributed by atoms with van der Waals surface area (Å²) in [4.78, 5) is 19.3. The summed E-state index contributed by atoms with van der Waals surface area (Å²) in [6.45, 7) is 7.98. The first-order chi connectivity index (χ1) is 12.5. The molecule has 2 fully saturated rings. The zero-order valence-corrected chi connectivity index (χ0v) is 16.0. The molecule has 1 N–H and O–H groups in total. The second-order valence-corrected chi connectivity index (χ2v) is 8.21. The van der Waals surface area contributed by atoms with E-state index in [1.54, 1.807) is 0 Å². The fourth-order valence-corrected chi connectivity index (χ4v) is 4.29. The first-order valence-corrected chi connectivity index (χ1v) is 9.92. The average molecular weight is 355 g/mol. The molecule has 4 rings (SSSR count). The van der Waals surface area contributed by atoms with Gasteiger partial charge in [0.15, 0.2) is 5.65 Å². The second-order valence-electron chi connectivity index (χ2n) is 8.21. The van der Waals surface area contributed by atoms with Crippen LogP contribution < -0.4 is 5.32 Å². The molecule has 1 saturated carbocycles. The standard InChI is InChI=1S/C20H29N5O/c1-13(2)17-10-18(25-19(22-17)8-14(3)23-25)21-11-15-9-20(26)24(12-15)16-6-4-5-7-16/h8,10,13,15-16,21H,4-7,9,11-12H2,1-3H3/t15-/m1/s1. The van der Waals surface area contributed by atoms with Crippen molar-refractivity contribution in [2.45, 2.75) is 64.8 Å². The van der Waals surface area contributed by atoms with Gasteiger partial charge in [-0.1, -0.05) is 26.7 Å². The Hall–Kier alpha value is -2.11. The molecule has 1 amide bonds. The third kappa shape index (κ3) is 3.29. The number of hydrogen-bond donors (Lipinski definition) is 1. The minimum Gasteiger partial charge on any atom is -0.370 e.